The van der Waals surface area contributed by atoms with Crippen molar-refractivity contribution in [3.05, 3.63) is 40.5 Å². The quantitative estimate of drug-likeness (QED) is 0.233. The molecule has 2 aromatic carbocycles. The van der Waals surface area contributed by atoms with Crippen LogP contribution in [-0.4, -0.2) is 100 Å². The van der Waals surface area contributed by atoms with Gasteiger partial charge in [-0.05, 0) is 62.4 Å². The van der Waals surface area contributed by atoms with Crippen LogP contribution in [0.3, 0.4) is 0 Å². The number of halogens is 2. The number of benzene rings is 2. The summed E-state index contributed by atoms with van der Waals surface area (Å²) in [5.41, 5.74) is 7.51. The number of likely N-dealkylation sites (tertiary alicyclic amines) is 2. The molecule has 2 unspecified atom stereocenters. The monoisotopic (exact) mass is 691 g/mol. The number of thiophene rings is 1. The van der Waals surface area contributed by atoms with Gasteiger partial charge in [0.15, 0.2) is 5.82 Å². The third kappa shape index (κ3) is 5.47. The summed E-state index contributed by atoms with van der Waals surface area (Å²) in [5, 5.41) is 30.7. The van der Waals surface area contributed by atoms with Gasteiger partial charge in [-0.15, -0.1) is 11.3 Å². The zero-order chi connectivity index (χ0) is 34.0. The number of β-amino-alcohol motifs (C(OH)–C–C–N with tert-alkyl or cyclic N) is 2. The Balaban J connectivity index is 1.32. The summed E-state index contributed by atoms with van der Waals surface area (Å²) in [4.78, 5) is 16.4. The molecule has 4 aliphatic rings. The average molecular weight is 692 g/mol. The Morgan fingerprint density at radius 3 is 2.63 bits per heavy atom. The van der Waals surface area contributed by atoms with Gasteiger partial charge in [-0.25, -0.2) is 8.78 Å². The molecule has 258 valence electrons. The van der Waals surface area contributed by atoms with Gasteiger partial charge in [0.2, 0.25) is 0 Å². The summed E-state index contributed by atoms with van der Waals surface area (Å²) in [6, 6.07) is 5.20. The lowest BCUT2D eigenvalue weighted by Crippen LogP contribution is -2.55. The smallest absolute Gasteiger partial charge is 0.319 e. The number of nitriles is 1. The molecule has 8 rings (SSSR count). The predicted octanol–water partition coefficient (Wildman–Crippen LogP) is 4.14. The predicted molar refractivity (Wildman–Crippen MR) is 182 cm³/mol. The number of ether oxygens (including phenoxy) is 2. The molecule has 3 saturated heterocycles. The summed E-state index contributed by atoms with van der Waals surface area (Å²) in [5.74, 6) is -0.820. The second-order valence-electron chi connectivity index (χ2n) is 13.7. The van der Waals surface area contributed by atoms with Crippen molar-refractivity contribution in [3.63, 3.8) is 0 Å². The lowest BCUT2D eigenvalue weighted by atomic mass is 9.90. The first-order chi connectivity index (χ1) is 23.8. The van der Waals surface area contributed by atoms with Gasteiger partial charge in [-0.1, -0.05) is 0 Å². The number of hydrogen-bond acceptors (Lipinski definition) is 12. The second kappa shape index (κ2) is 12.9. The molecule has 0 spiro atoms. The van der Waals surface area contributed by atoms with Crippen LogP contribution in [0.2, 0.25) is 0 Å². The van der Waals surface area contributed by atoms with Crippen LogP contribution in [-0.2, 0) is 18.0 Å². The molecule has 14 heteroatoms. The summed E-state index contributed by atoms with van der Waals surface area (Å²) >= 11 is 1.16. The fourth-order valence-electron chi connectivity index (χ4n) is 8.58. The van der Waals surface area contributed by atoms with Crippen molar-refractivity contribution in [2.75, 3.05) is 56.6 Å². The average Bonchev–Trinajstić information content (AvgIpc) is 3.85. The Bertz CT molecular complexity index is 1970. The number of piperazine rings is 1. The molecule has 4 aliphatic heterocycles. The van der Waals surface area contributed by atoms with Crippen LogP contribution in [0.25, 0.3) is 32.1 Å². The van der Waals surface area contributed by atoms with Crippen molar-refractivity contribution < 1.29 is 28.5 Å². The van der Waals surface area contributed by atoms with Crippen LogP contribution in [0.4, 0.5) is 19.6 Å². The van der Waals surface area contributed by atoms with E-state index in [2.05, 4.69) is 20.8 Å². The van der Waals surface area contributed by atoms with Crippen LogP contribution >= 0.6 is 11.3 Å². The molecule has 3 fully saturated rings. The minimum Gasteiger partial charge on any atom is -0.462 e. The third-order valence-corrected chi connectivity index (χ3v) is 11.6. The van der Waals surface area contributed by atoms with E-state index in [-0.39, 0.29) is 83.2 Å². The Labute approximate surface area is 286 Å². The first-order valence-electron chi connectivity index (χ1n) is 17.0. The maximum absolute atomic E-state index is 17.4. The van der Waals surface area contributed by atoms with Crippen molar-refractivity contribution in [1.82, 2.24) is 19.8 Å². The highest BCUT2D eigenvalue weighted by atomic mass is 32.1. The van der Waals surface area contributed by atoms with Crippen molar-refractivity contribution in [3.8, 4) is 23.2 Å². The van der Waals surface area contributed by atoms with E-state index in [4.69, 9.17) is 25.2 Å². The van der Waals surface area contributed by atoms with Crippen molar-refractivity contribution in [2.45, 2.75) is 70.1 Å². The summed E-state index contributed by atoms with van der Waals surface area (Å²) in [6.07, 6.45) is 3.27. The van der Waals surface area contributed by atoms with Crippen LogP contribution in [0.5, 0.6) is 6.01 Å². The molecule has 0 amide bonds. The Morgan fingerprint density at radius 1 is 1.12 bits per heavy atom. The topological polar surface area (TPSA) is 144 Å². The van der Waals surface area contributed by atoms with Crippen LogP contribution < -0.4 is 15.4 Å². The molecule has 6 heterocycles. The van der Waals surface area contributed by atoms with Gasteiger partial charge >= 0.3 is 6.01 Å². The molecule has 4 atom stereocenters. The second-order valence-corrected chi connectivity index (χ2v) is 14.8. The lowest BCUT2D eigenvalue weighted by Gasteiger charge is -2.42. The number of fused-ring (bicyclic) bond motifs is 6. The first-order valence-corrected chi connectivity index (χ1v) is 17.8. The summed E-state index contributed by atoms with van der Waals surface area (Å²) in [6.45, 7) is 5.76. The SMILES string of the molecule is C[C@@H](O)CN1CC2CCC(C1)N2c1nc(OC[C@@H]2CCCN2CCO)nc2c(F)c(-c3c(F)ccc4sc(N)c(C#N)c34)c3c(c12)COC3. The minimum absolute atomic E-state index is 0.0156. The minimum atomic E-state index is -0.726. The number of anilines is 2. The molecule has 49 heavy (non-hydrogen) atoms. The molecule has 0 saturated carbocycles. The van der Waals surface area contributed by atoms with Gasteiger partial charge in [-0.2, -0.15) is 15.2 Å². The number of aliphatic hydroxyl groups is 2. The molecular weight excluding hydrogens is 652 g/mol. The van der Waals surface area contributed by atoms with Gasteiger partial charge in [0.1, 0.15) is 34.8 Å². The molecule has 0 radical (unpaired) electrons. The number of nitrogens with two attached hydrogens (primary N) is 1. The number of aromatic nitrogens is 2. The Morgan fingerprint density at radius 2 is 1.90 bits per heavy atom. The Kier molecular flexibility index (Phi) is 8.54. The largest absolute Gasteiger partial charge is 0.462 e. The highest BCUT2D eigenvalue weighted by Crippen LogP contribution is 2.49. The highest BCUT2D eigenvalue weighted by Gasteiger charge is 2.43. The number of nitrogens with zero attached hydrogens (tertiary/aromatic N) is 6. The fraction of sp³-hybridized carbons (Fsp3) is 0.514. The number of hydrogen-bond donors (Lipinski definition) is 3. The van der Waals surface area contributed by atoms with Gasteiger partial charge in [-0.3, -0.25) is 9.80 Å². The molecule has 4 N–H and O–H groups in total. The van der Waals surface area contributed by atoms with E-state index in [0.717, 1.165) is 56.7 Å². The fourth-order valence-corrected chi connectivity index (χ4v) is 9.51. The lowest BCUT2D eigenvalue weighted by molar-refractivity contribution is 0.111. The van der Waals surface area contributed by atoms with Crippen LogP contribution in [0.1, 0.15) is 49.3 Å². The Hall–Kier alpha value is -3.71. The number of rotatable bonds is 9. The normalized spacial score (nSPS) is 23.1. The van der Waals surface area contributed by atoms with Gasteiger partial charge < -0.3 is 30.3 Å². The van der Waals surface area contributed by atoms with Crippen molar-refractivity contribution in [2.24, 2.45) is 0 Å². The van der Waals surface area contributed by atoms with E-state index in [1.54, 1.807) is 13.0 Å². The zero-order valence-corrected chi connectivity index (χ0v) is 28.1. The van der Waals surface area contributed by atoms with Gasteiger partial charge in [0, 0.05) is 65.5 Å². The summed E-state index contributed by atoms with van der Waals surface area (Å²) in [7, 11) is 0. The number of nitrogen functional groups attached to an aromatic ring is 1. The van der Waals surface area contributed by atoms with Crippen LogP contribution in [0.15, 0.2) is 12.1 Å². The summed E-state index contributed by atoms with van der Waals surface area (Å²) < 4.78 is 46.3. The molecule has 2 aromatic heterocycles. The molecular formula is C35H39F2N7O4S. The van der Waals surface area contributed by atoms with E-state index in [9.17, 15) is 15.5 Å². The first kappa shape index (κ1) is 32.5. The molecule has 4 aromatic rings. The van der Waals surface area contributed by atoms with E-state index in [1.807, 2.05) is 0 Å². The molecule has 0 aliphatic carbocycles. The van der Waals surface area contributed by atoms with E-state index >= 15 is 8.78 Å². The molecule has 2 bridgehead atoms. The maximum atomic E-state index is 17.4. The third-order valence-electron chi connectivity index (χ3n) is 10.6. The maximum Gasteiger partial charge on any atom is 0.319 e. The van der Waals surface area contributed by atoms with Crippen LogP contribution in [0, 0.1) is 23.0 Å². The van der Waals surface area contributed by atoms with Crippen molar-refractivity contribution >= 4 is 43.1 Å². The number of aliphatic hydroxyl groups excluding tert-OH is 2. The van der Waals surface area contributed by atoms with E-state index in [1.165, 1.54) is 6.07 Å². The van der Waals surface area contributed by atoms with Gasteiger partial charge in [0.25, 0.3) is 0 Å². The van der Waals surface area contributed by atoms with E-state index in [0.29, 0.717) is 40.1 Å². The van der Waals surface area contributed by atoms with E-state index < -0.39 is 17.7 Å². The zero-order valence-electron chi connectivity index (χ0n) is 27.3. The standard InChI is InChI=1S/C35H39F2N7O4S/c1-18(46)12-42-13-19-4-5-20(14-42)44(19)34-29-24-17-47-16-23(24)28(30-25(36)6-7-26-27(30)22(11-38)33(39)49-26)31(37)32(29)40-35(41-34)48-15-21-3-2-8-43(21)9-10-45/h6-7,18-21,45-46H,2-5,8-10,12-17,39H2,1H3/t18-,19?,20?,21+/m1/s1. The highest BCUT2D eigenvalue weighted by molar-refractivity contribution is 7.23. The van der Waals surface area contributed by atoms with Crippen molar-refractivity contribution in [1.29, 1.82) is 5.26 Å². The van der Waals surface area contributed by atoms with Gasteiger partial charge in [0.05, 0.1) is 36.9 Å². The molecule has 11 nitrogen and oxygen atoms in total.